The molecule has 8 heteroatoms. The third-order valence-electron chi connectivity index (χ3n) is 4.73. The normalized spacial score (nSPS) is 14.2. The minimum Gasteiger partial charge on any atom is -0.486 e. The Labute approximate surface area is 172 Å². The number of halogens is 2. The lowest BCUT2D eigenvalue weighted by molar-refractivity contribution is -0.132. The summed E-state index contributed by atoms with van der Waals surface area (Å²) in [6.45, 7) is 1.34. The Hall–Kier alpha value is -2.93. The number of esters is 1. The topological polar surface area (TPSA) is 73.3 Å². The van der Waals surface area contributed by atoms with Crippen molar-refractivity contribution in [2.75, 3.05) is 5.32 Å². The number of fused-ring (bicyclic) bond motifs is 1. The molecule has 0 radical (unpaired) electrons. The first-order valence-electron chi connectivity index (χ1n) is 9.35. The van der Waals surface area contributed by atoms with Gasteiger partial charge in [-0.3, -0.25) is 4.79 Å². The summed E-state index contributed by atoms with van der Waals surface area (Å²) in [5, 5.41) is 3.82. The van der Waals surface area contributed by atoms with Crippen LogP contribution in [0.1, 0.15) is 32.6 Å². The van der Waals surface area contributed by atoms with Gasteiger partial charge in [0.2, 0.25) is 0 Å². The van der Waals surface area contributed by atoms with Crippen molar-refractivity contribution in [3.8, 4) is 11.5 Å². The van der Waals surface area contributed by atoms with Gasteiger partial charge in [0.1, 0.15) is 18.0 Å². The van der Waals surface area contributed by atoms with Crippen LogP contribution in [0.5, 0.6) is 11.5 Å². The van der Waals surface area contributed by atoms with E-state index in [1.54, 1.807) is 18.2 Å². The van der Waals surface area contributed by atoms with Gasteiger partial charge in [-0.15, -0.1) is 0 Å². The fourth-order valence-corrected chi connectivity index (χ4v) is 3.57. The second-order valence-electron chi connectivity index (χ2n) is 6.91. The molecule has 0 spiro atoms. The number of hydrogen-bond donors (Lipinski definition) is 1. The van der Waals surface area contributed by atoms with E-state index in [0.717, 1.165) is 25.7 Å². The molecule has 1 N–H and O–H groups in total. The van der Waals surface area contributed by atoms with E-state index in [2.05, 4.69) is 15.3 Å². The van der Waals surface area contributed by atoms with Gasteiger partial charge < -0.3 is 14.8 Å². The minimum absolute atomic E-state index is 0.00996. The summed E-state index contributed by atoms with van der Waals surface area (Å²) < 4.78 is 24.9. The fraction of sp³-hybridized carbons (Fsp3) is 0.286. The molecule has 6 nitrogen and oxygen atoms in total. The molecule has 150 valence electrons. The number of nitrogens with one attached hydrogen (secondary N) is 1. The van der Waals surface area contributed by atoms with Gasteiger partial charge in [-0.2, -0.15) is 0 Å². The first-order chi connectivity index (χ1) is 14.0. The van der Waals surface area contributed by atoms with Crippen LogP contribution in [-0.4, -0.2) is 22.0 Å². The second kappa shape index (κ2) is 8.21. The van der Waals surface area contributed by atoms with Crippen molar-refractivity contribution in [1.29, 1.82) is 0 Å². The first kappa shape index (κ1) is 19.4. The Balaban J connectivity index is 1.74. The lowest BCUT2D eigenvalue weighted by atomic mass is 10.2. The van der Waals surface area contributed by atoms with Crippen molar-refractivity contribution in [1.82, 2.24) is 9.97 Å². The summed E-state index contributed by atoms with van der Waals surface area (Å²) in [6, 6.07) is 7.75. The lowest BCUT2D eigenvalue weighted by Crippen LogP contribution is -2.13. The molecule has 4 rings (SSSR count). The Morgan fingerprint density at radius 2 is 1.97 bits per heavy atom. The van der Waals surface area contributed by atoms with E-state index in [1.165, 1.54) is 25.4 Å². The van der Waals surface area contributed by atoms with E-state index in [4.69, 9.17) is 21.1 Å². The molecule has 1 aliphatic carbocycles. The molecule has 0 unspecified atom stereocenters. The fourth-order valence-electron chi connectivity index (χ4n) is 3.39. The van der Waals surface area contributed by atoms with Gasteiger partial charge in [0.05, 0.1) is 16.6 Å². The molecular weight excluding hydrogens is 397 g/mol. The number of aromatic nitrogens is 2. The quantitative estimate of drug-likeness (QED) is 0.443. The van der Waals surface area contributed by atoms with Crippen molar-refractivity contribution >= 4 is 40.0 Å². The molecule has 1 saturated carbocycles. The number of anilines is 2. The van der Waals surface area contributed by atoms with Gasteiger partial charge in [0.15, 0.2) is 11.5 Å². The molecule has 1 heterocycles. The maximum absolute atomic E-state index is 13.4. The van der Waals surface area contributed by atoms with E-state index >= 15 is 0 Å². The number of hydrogen-bond acceptors (Lipinski definition) is 6. The van der Waals surface area contributed by atoms with Crippen molar-refractivity contribution < 1.29 is 18.7 Å². The van der Waals surface area contributed by atoms with Crippen LogP contribution in [0.4, 0.5) is 15.9 Å². The predicted octanol–water partition coefficient (Wildman–Crippen LogP) is 5.41. The molecule has 0 aliphatic heterocycles. The van der Waals surface area contributed by atoms with E-state index in [9.17, 15) is 9.18 Å². The summed E-state index contributed by atoms with van der Waals surface area (Å²) >= 11 is 5.87. The van der Waals surface area contributed by atoms with Crippen LogP contribution in [0, 0.1) is 5.82 Å². The molecule has 0 amide bonds. The lowest BCUT2D eigenvalue weighted by Gasteiger charge is -2.17. The molecular formula is C21H19ClFN3O3. The van der Waals surface area contributed by atoms with Gasteiger partial charge in [0.25, 0.3) is 0 Å². The summed E-state index contributed by atoms with van der Waals surface area (Å²) in [6.07, 6.45) is 5.62. The predicted molar refractivity (Wildman–Crippen MR) is 108 cm³/mol. The Kier molecular flexibility index (Phi) is 5.49. The Bertz CT molecular complexity index is 1070. The van der Waals surface area contributed by atoms with Crippen molar-refractivity contribution in [2.45, 2.75) is 38.7 Å². The number of carbonyl (C=O) groups excluding carboxylic acids is 1. The Morgan fingerprint density at radius 3 is 2.69 bits per heavy atom. The van der Waals surface area contributed by atoms with E-state index in [0.29, 0.717) is 33.9 Å². The van der Waals surface area contributed by atoms with Gasteiger partial charge in [-0.25, -0.2) is 14.4 Å². The molecule has 0 bridgehead atoms. The molecule has 3 aromatic rings. The van der Waals surface area contributed by atoms with Crippen LogP contribution < -0.4 is 14.8 Å². The zero-order chi connectivity index (χ0) is 20.4. The zero-order valence-corrected chi connectivity index (χ0v) is 16.5. The number of nitrogens with zero attached hydrogens (tertiary/aromatic N) is 2. The first-order valence-corrected chi connectivity index (χ1v) is 9.73. The monoisotopic (exact) mass is 415 g/mol. The number of carbonyl (C=O) groups is 1. The zero-order valence-electron chi connectivity index (χ0n) is 15.7. The van der Waals surface area contributed by atoms with Crippen LogP contribution in [0.3, 0.4) is 0 Å². The molecule has 29 heavy (non-hydrogen) atoms. The summed E-state index contributed by atoms with van der Waals surface area (Å²) in [7, 11) is 0. The average molecular weight is 416 g/mol. The smallest absolute Gasteiger partial charge is 0.308 e. The van der Waals surface area contributed by atoms with E-state index in [-0.39, 0.29) is 11.1 Å². The molecule has 1 fully saturated rings. The van der Waals surface area contributed by atoms with Gasteiger partial charge in [-0.05, 0) is 49.9 Å². The van der Waals surface area contributed by atoms with Crippen LogP contribution >= 0.6 is 11.6 Å². The standard InChI is InChI=1S/C21H19ClFN3O3/c1-12(27)28-20-10-18-15(9-19(20)29-14-4-2-3-5-14)21(25-11-24-18)26-13-6-7-17(23)16(22)8-13/h6-11,14H,2-5H2,1H3,(H,24,25,26). The number of rotatable bonds is 5. The third kappa shape index (κ3) is 4.40. The SMILES string of the molecule is CC(=O)Oc1cc2ncnc(Nc3ccc(F)c(Cl)c3)c2cc1OC1CCCC1. The van der Waals surface area contributed by atoms with Crippen molar-refractivity contribution in [3.05, 3.63) is 47.5 Å². The van der Waals surface area contributed by atoms with E-state index in [1.807, 2.05) is 0 Å². The van der Waals surface area contributed by atoms with Gasteiger partial charge in [0, 0.05) is 24.1 Å². The second-order valence-corrected chi connectivity index (χ2v) is 7.32. The average Bonchev–Trinajstić information content (AvgIpc) is 3.18. The molecule has 1 aliphatic rings. The highest BCUT2D eigenvalue weighted by atomic mass is 35.5. The number of ether oxygens (including phenoxy) is 2. The van der Waals surface area contributed by atoms with Gasteiger partial charge in [-0.1, -0.05) is 11.6 Å². The highest BCUT2D eigenvalue weighted by molar-refractivity contribution is 6.31. The van der Waals surface area contributed by atoms with Crippen LogP contribution in [0.15, 0.2) is 36.7 Å². The summed E-state index contributed by atoms with van der Waals surface area (Å²) in [4.78, 5) is 20.1. The molecule has 1 aromatic heterocycles. The van der Waals surface area contributed by atoms with Crippen molar-refractivity contribution in [2.24, 2.45) is 0 Å². The number of benzene rings is 2. The molecule has 0 atom stereocenters. The summed E-state index contributed by atoms with van der Waals surface area (Å²) in [5.74, 6) is 0.362. The summed E-state index contributed by atoms with van der Waals surface area (Å²) in [5.41, 5.74) is 1.16. The van der Waals surface area contributed by atoms with Gasteiger partial charge >= 0.3 is 5.97 Å². The molecule has 2 aromatic carbocycles. The van der Waals surface area contributed by atoms with Crippen molar-refractivity contribution in [3.63, 3.8) is 0 Å². The van der Waals surface area contributed by atoms with Crippen LogP contribution in [0.2, 0.25) is 5.02 Å². The van der Waals surface area contributed by atoms with E-state index < -0.39 is 11.8 Å². The highest BCUT2D eigenvalue weighted by Gasteiger charge is 2.21. The largest absolute Gasteiger partial charge is 0.486 e. The maximum atomic E-state index is 13.4. The maximum Gasteiger partial charge on any atom is 0.308 e. The van der Waals surface area contributed by atoms with Crippen LogP contribution in [0.25, 0.3) is 10.9 Å². The van der Waals surface area contributed by atoms with Crippen LogP contribution in [-0.2, 0) is 4.79 Å². The molecule has 0 saturated heterocycles. The Morgan fingerprint density at radius 1 is 1.17 bits per heavy atom. The minimum atomic E-state index is -0.497. The highest BCUT2D eigenvalue weighted by Crippen LogP contribution is 2.37. The third-order valence-corrected chi connectivity index (χ3v) is 5.02.